The number of methoxy groups -OCH3 is 2. The molecular formula is C12H24O3. The Morgan fingerprint density at radius 2 is 1.87 bits per heavy atom. The number of ether oxygens (including phenoxy) is 2. The highest BCUT2D eigenvalue weighted by Gasteiger charge is 2.42. The van der Waals surface area contributed by atoms with Gasteiger partial charge in [-0.3, -0.25) is 0 Å². The summed E-state index contributed by atoms with van der Waals surface area (Å²) < 4.78 is 10.6. The van der Waals surface area contributed by atoms with Crippen LogP contribution in [0.3, 0.4) is 0 Å². The van der Waals surface area contributed by atoms with E-state index in [-0.39, 0.29) is 17.6 Å². The van der Waals surface area contributed by atoms with E-state index in [0.29, 0.717) is 6.61 Å². The smallest absolute Gasteiger partial charge is 0.0939 e. The van der Waals surface area contributed by atoms with Gasteiger partial charge >= 0.3 is 0 Å². The molecule has 1 aliphatic carbocycles. The monoisotopic (exact) mass is 216 g/mol. The lowest BCUT2D eigenvalue weighted by atomic mass is 9.85. The molecule has 1 rings (SSSR count). The molecule has 2 atom stereocenters. The molecule has 0 saturated heterocycles. The molecular weight excluding hydrogens is 192 g/mol. The van der Waals surface area contributed by atoms with Crippen molar-refractivity contribution in [1.29, 1.82) is 0 Å². The van der Waals surface area contributed by atoms with Crippen molar-refractivity contribution >= 4 is 0 Å². The topological polar surface area (TPSA) is 38.7 Å². The van der Waals surface area contributed by atoms with Gasteiger partial charge in [0, 0.05) is 20.8 Å². The van der Waals surface area contributed by atoms with E-state index < -0.39 is 0 Å². The zero-order valence-electron chi connectivity index (χ0n) is 10.2. The maximum absolute atomic E-state index is 10.3. The third-order valence-electron chi connectivity index (χ3n) is 3.71. The Morgan fingerprint density at radius 3 is 2.33 bits per heavy atom. The van der Waals surface area contributed by atoms with Crippen LogP contribution in [-0.2, 0) is 9.47 Å². The summed E-state index contributed by atoms with van der Waals surface area (Å²) in [6, 6.07) is 0. The van der Waals surface area contributed by atoms with Gasteiger partial charge in [0.25, 0.3) is 0 Å². The van der Waals surface area contributed by atoms with Crippen molar-refractivity contribution in [2.75, 3.05) is 20.8 Å². The molecule has 3 heteroatoms. The molecule has 1 saturated carbocycles. The lowest BCUT2D eigenvalue weighted by Gasteiger charge is -2.36. The molecule has 0 heterocycles. The largest absolute Gasteiger partial charge is 0.390 e. The highest BCUT2D eigenvalue weighted by atomic mass is 16.5. The van der Waals surface area contributed by atoms with Crippen LogP contribution in [0, 0.1) is 5.92 Å². The molecule has 0 radical (unpaired) electrons. The van der Waals surface area contributed by atoms with Gasteiger partial charge in [-0.05, 0) is 25.2 Å². The van der Waals surface area contributed by atoms with Crippen molar-refractivity contribution in [3.63, 3.8) is 0 Å². The van der Waals surface area contributed by atoms with Gasteiger partial charge in [0.15, 0.2) is 0 Å². The van der Waals surface area contributed by atoms with Crippen molar-refractivity contribution in [2.24, 2.45) is 5.92 Å². The zero-order chi connectivity index (χ0) is 11.3. The summed E-state index contributed by atoms with van der Waals surface area (Å²) in [5.41, 5.74) is -0.285. The fourth-order valence-corrected chi connectivity index (χ4v) is 2.57. The quantitative estimate of drug-likeness (QED) is 0.738. The van der Waals surface area contributed by atoms with E-state index in [4.69, 9.17) is 9.47 Å². The number of hydrogen-bond acceptors (Lipinski definition) is 3. The van der Waals surface area contributed by atoms with Crippen LogP contribution >= 0.6 is 0 Å². The molecule has 0 aromatic rings. The second kappa shape index (κ2) is 5.83. The standard InChI is InChI=1S/C12H24O3/c1-10(6-9-14-2)11(13)12(15-3)7-4-5-8-12/h10-11,13H,4-9H2,1-3H3. The Hall–Kier alpha value is -0.120. The fourth-order valence-electron chi connectivity index (χ4n) is 2.57. The van der Waals surface area contributed by atoms with Crippen LogP contribution < -0.4 is 0 Å². The summed E-state index contributed by atoms with van der Waals surface area (Å²) in [6.07, 6.45) is 4.84. The van der Waals surface area contributed by atoms with Gasteiger partial charge in [0.2, 0.25) is 0 Å². The van der Waals surface area contributed by atoms with Crippen LogP contribution in [0.15, 0.2) is 0 Å². The van der Waals surface area contributed by atoms with Gasteiger partial charge in [-0.15, -0.1) is 0 Å². The minimum absolute atomic E-state index is 0.239. The van der Waals surface area contributed by atoms with Gasteiger partial charge in [-0.2, -0.15) is 0 Å². The van der Waals surface area contributed by atoms with Crippen molar-refractivity contribution in [1.82, 2.24) is 0 Å². The number of aliphatic hydroxyl groups is 1. The average Bonchev–Trinajstić information content (AvgIpc) is 2.74. The predicted molar refractivity (Wildman–Crippen MR) is 59.9 cm³/mol. The molecule has 15 heavy (non-hydrogen) atoms. The van der Waals surface area contributed by atoms with Crippen LogP contribution in [0.25, 0.3) is 0 Å². The third kappa shape index (κ3) is 2.92. The van der Waals surface area contributed by atoms with Crippen molar-refractivity contribution < 1.29 is 14.6 Å². The van der Waals surface area contributed by atoms with Gasteiger partial charge in [-0.1, -0.05) is 19.8 Å². The Balaban J connectivity index is 2.51. The van der Waals surface area contributed by atoms with E-state index in [0.717, 1.165) is 19.3 Å². The van der Waals surface area contributed by atoms with E-state index in [2.05, 4.69) is 6.92 Å². The molecule has 90 valence electrons. The molecule has 0 aromatic heterocycles. The third-order valence-corrected chi connectivity index (χ3v) is 3.71. The van der Waals surface area contributed by atoms with E-state index in [1.54, 1.807) is 14.2 Å². The van der Waals surface area contributed by atoms with Crippen LogP contribution in [0.1, 0.15) is 39.0 Å². The van der Waals surface area contributed by atoms with E-state index in [9.17, 15) is 5.11 Å². The Kier molecular flexibility index (Phi) is 5.03. The molecule has 0 aliphatic heterocycles. The highest BCUT2D eigenvalue weighted by molar-refractivity contribution is 4.94. The number of aliphatic hydroxyl groups excluding tert-OH is 1. The number of hydrogen-bond donors (Lipinski definition) is 1. The van der Waals surface area contributed by atoms with E-state index in [1.807, 2.05) is 0 Å². The molecule has 1 fully saturated rings. The minimum atomic E-state index is -0.361. The predicted octanol–water partition coefficient (Wildman–Crippen LogP) is 1.98. The first kappa shape index (κ1) is 12.9. The summed E-state index contributed by atoms with van der Waals surface area (Å²) >= 11 is 0. The van der Waals surface area contributed by atoms with Gasteiger partial charge in [0.1, 0.15) is 0 Å². The number of rotatable bonds is 6. The van der Waals surface area contributed by atoms with Crippen molar-refractivity contribution in [3.05, 3.63) is 0 Å². The molecule has 0 amide bonds. The van der Waals surface area contributed by atoms with E-state index in [1.165, 1.54) is 12.8 Å². The van der Waals surface area contributed by atoms with E-state index >= 15 is 0 Å². The van der Waals surface area contributed by atoms with Crippen LogP contribution in [0.2, 0.25) is 0 Å². The van der Waals surface area contributed by atoms with Gasteiger partial charge in [0.05, 0.1) is 11.7 Å². The Labute approximate surface area is 92.8 Å². The molecule has 0 spiro atoms. The first-order chi connectivity index (χ1) is 7.16. The average molecular weight is 216 g/mol. The van der Waals surface area contributed by atoms with Crippen molar-refractivity contribution in [3.8, 4) is 0 Å². The molecule has 1 N–H and O–H groups in total. The summed E-state index contributed by atoms with van der Waals surface area (Å²) in [5.74, 6) is 0.239. The SMILES string of the molecule is COCCC(C)C(O)C1(OC)CCCC1. The fraction of sp³-hybridized carbons (Fsp3) is 1.00. The lowest BCUT2D eigenvalue weighted by molar-refractivity contribution is -0.120. The first-order valence-electron chi connectivity index (χ1n) is 5.88. The maximum atomic E-state index is 10.3. The lowest BCUT2D eigenvalue weighted by Crippen LogP contribution is -2.45. The molecule has 3 nitrogen and oxygen atoms in total. The second-order valence-corrected chi connectivity index (χ2v) is 4.68. The Bertz CT molecular complexity index is 176. The first-order valence-corrected chi connectivity index (χ1v) is 5.88. The summed E-state index contributed by atoms with van der Waals surface area (Å²) in [7, 11) is 3.42. The van der Waals surface area contributed by atoms with Gasteiger partial charge < -0.3 is 14.6 Å². The molecule has 0 aromatic carbocycles. The maximum Gasteiger partial charge on any atom is 0.0939 e. The van der Waals surface area contributed by atoms with Crippen LogP contribution in [-0.4, -0.2) is 37.6 Å². The van der Waals surface area contributed by atoms with Crippen molar-refractivity contribution in [2.45, 2.75) is 50.7 Å². The Morgan fingerprint density at radius 1 is 1.27 bits per heavy atom. The minimum Gasteiger partial charge on any atom is -0.390 e. The summed E-state index contributed by atoms with van der Waals surface area (Å²) in [4.78, 5) is 0. The normalized spacial score (nSPS) is 24.0. The zero-order valence-corrected chi connectivity index (χ0v) is 10.2. The summed E-state index contributed by atoms with van der Waals surface area (Å²) in [5, 5.41) is 10.3. The molecule has 2 unspecified atom stereocenters. The second-order valence-electron chi connectivity index (χ2n) is 4.68. The molecule has 0 bridgehead atoms. The summed E-state index contributed by atoms with van der Waals surface area (Å²) in [6.45, 7) is 2.78. The van der Waals surface area contributed by atoms with Gasteiger partial charge in [-0.25, -0.2) is 0 Å². The van der Waals surface area contributed by atoms with Crippen LogP contribution in [0.5, 0.6) is 0 Å². The highest BCUT2D eigenvalue weighted by Crippen LogP contribution is 2.38. The van der Waals surface area contributed by atoms with Crippen LogP contribution in [0.4, 0.5) is 0 Å². The molecule has 1 aliphatic rings.